The van der Waals surface area contributed by atoms with Crippen LogP contribution >= 0.6 is 23.2 Å². The topological polar surface area (TPSA) is 53.8 Å². The minimum atomic E-state index is -0.293. The quantitative estimate of drug-likeness (QED) is 0.400. The molecular formula is C25H26Cl2N2O3. The summed E-state index contributed by atoms with van der Waals surface area (Å²) < 4.78 is 5.46. The van der Waals surface area contributed by atoms with Crippen molar-refractivity contribution in [3.05, 3.63) is 93.9 Å². The molecule has 2 aromatic carbocycles. The molecule has 0 aliphatic carbocycles. The fraction of sp³-hybridized carbons (Fsp3) is 0.280. The van der Waals surface area contributed by atoms with Gasteiger partial charge in [-0.3, -0.25) is 9.59 Å². The number of carbonyl (C=O) groups excluding carboxylic acids is 2. The molecule has 2 amide bonds. The van der Waals surface area contributed by atoms with E-state index in [0.29, 0.717) is 40.9 Å². The average molecular weight is 473 g/mol. The maximum absolute atomic E-state index is 13.3. The standard InChI is InChI=1S/C25H26Cl2N2O3/c1-18(2)29(25(31)20-13-21(26)15-22(27)14-20)17-24(30)28(16-23-9-6-12-32-23)11-10-19-7-4-3-5-8-19/h3-9,12-15,18H,10-11,16-17H2,1-2H3. The molecule has 168 valence electrons. The molecule has 0 spiro atoms. The van der Waals surface area contributed by atoms with Gasteiger partial charge in [-0.2, -0.15) is 0 Å². The van der Waals surface area contributed by atoms with Gasteiger partial charge in [0.05, 0.1) is 12.8 Å². The van der Waals surface area contributed by atoms with E-state index in [1.54, 1.807) is 35.4 Å². The number of carbonyl (C=O) groups is 2. The summed E-state index contributed by atoms with van der Waals surface area (Å²) in [5.74, 6) is 0.238. The molecule has 3 rings (SSSR count). The Hall–Kier alpha value is -2.76. The number of rotatable bonds is 9. The van der Waals surface area contributed by atoms with Crippen LogP contribution in [-0.4, -0.2) is 40.7 Å². The number of benzene rings is 2. The fourth-order valence-electron chi connectivity index (χ4n) is 3.37. The molecule has 32 heavy (non-hydrogen) atoms. The molecular weight excluding hydrogens is 447 g/mol. The first kappa shape index (κ1) is 23.9. The smallest absolute Gasteiger partial charge is 0.254 e. The third-order valence-electron chi connectivity index (χ3n) is 5.09. The van der Waals surface area contributed by atoms with Crippen molar-refractivity contribution < 1.29 is 14.0 Å². The maximum atomic E-state index is 13.3. The van der Waals surface area contributed by atoms with Crippen molar-refractivity contribution in [3.63, 3.8) is 0 Å². The van der Waals surface area contributed by atoms with Gasteiger partial charge in [-0.25, -0.2) is 0 Å². The number of amides is 2. The van der Waals surface area contributed by atoms with Crippen molar-refractivity contribution in [3.8, 4) is 0 Å². The highest BCUT2D eigenvalue weighted by Crippen LogP contribution is 2.21. The van der Waals surface area contributed by atoms with Crippen LogP contribution in [-0.2, 0) is 17.8 Å². The van der Waals surface area contributed by atoms with Crippen LogP contribution in [0.1, 0.15) is 35.5 Å². The number of hydrogen-bond acceptors (Lipinski definition) is 3. The molecule has 0 radical (unpaired) electrons. The van der Waals surface area contributed by atoms with Crippen LogP contribution < -0.4 is 0 Å². The second kappa shape index (κ2) is 11.2. The summed E-state index contributed by atoms with van der Waals surface area (Å²) >= 11 is 12.1. The lowest BCUT2D eigenvalue weighted by molar-refractivity contribution is -0.133. The summed E-state index contributed by atoms with van der Waals surface area (Å²) in [5.41, 5.74) is 1.49. The minimum Gasteiger partial charge on any atom is -0.467 e. The largest absolute Gasteiger partial charge is 0.467 e. The van der Waals surface area contributed by atoms with Gasteiger partial charge in [-0.05, 0) is 56.2 Å². The second-order valence-electron chi connectivity index (χ2n) is 7.82. The Bertz CT molecular complexity index is 1020. The molecule has 1 aromatic heterocycles. The predicted molar refractivity (Wildman–Crippen MR) is 127 cm³/mol. The van der Waals surface area contributed by atoms with Gasteiger partial charge in [0.15, 0.2) is 0 Å². The Morgan fingerprint density at radius 2 is 1.66 bits per heavy atom. The lowest BCUT2D eigenvalue weighted by Gasteiger charge is -2.30. The van der Waals surface area contributed by atoms with E-state index in [4.69, 9.17) is 27.6 Å². The van der Waals surface area contributed by atoms with E-state index in [1.165, 1.54) is 4.90 Å². The lowest BCUT2D eigenvalue weighted by atomic mass is 10.1. The third kappa shape index (κ3) is 6.62. The van der Waals surface area contributed by atoms with Crippen molar-refractivity contribution in [2.45, 2.75) is 32.9 Å². The van der Waals surface area contributed by atoms with Crippen LogP contribution in [0.3, 0.4) is 0 Å². The highest BCUT2D eigenvalue weighted by atomic mass is 35.5. The van der Waals surface area contributed by atoms with Crippen molar-refractivity contribution in [2.24, 2.45) is 0 Å². The van der Waals surface area contributed by atoms with Crippen LogP contribution in [0.15, 0.2) is 71.3 Å². The Morgan fingerprint density at radius 1 is 0.969 bits per heavy atom. The summed E-state index contributed by atoms with van der Waals surface area (Å²) in [6.07, 6.45) is 2.29. The van der Waals surface area contributed by atoms with Crippen LogP contribution in [0.2, 0.25) is 10.0 Å². The molecule has 0 aliphatic heterocycles. The van der Waals surface area contributed by atoms with E-state index in [0.717, 1.165) is 5.56 Å². The first-order valence-electron chi connectivity index (χ1n) is 10.4. The van der Waals surface area contributed by atoms with Crippen LogP contribution in [0.4, 0.5) is 0 Å². The molecule has 0 aliphatic rings. The molecule has 3 aromatic rings. The number of halogens is 2. The van der Waals surface area contributed by atoms with Gasteiger partial charge in [0.25, 0.3) is 5.91 Å². The average Bonchev–Trinajstić information content (AvgIpc) is 3.27. The zero-order valence-corrected chi connectivity index (χ0v) is 19.6. The SMILES string of the molecule is CC(C)N(CC(=O)N(CCc1ccccc1)Cc1ccco1)C(=O)c1cc(Cl)cc(Cl)c1. The third-order valence-corrected chi connectivity index (χ3v) is 5.53. The Labute approximate surface area is 198 Å². The van der Waals surface area contributed by atoms with E-state index in [9.17, 15) is 9.59 Å². The van der Waals surface area contributed by atoms with Gasteiger partial charge in [0.1, 0.15) is 12.3 Å². The normalized spacial score (nSPS) is 10.9. The summed E-state index contributed by atoms with van der Waals surface area (Å²) in [6.45, 7) is 4.53. The molecule has 0 fully saturated rings. The highest BCUT2D eigenvalue weighted by Gasteiger charge is 2.25. The maximum Gasteiger partial charge on any atom is 0.254 e. The van der Waals surface area contributed by atoms with E-state index >= 15 is 0 Å². The Kier molecular flexibility index (Phi) is 8.37. The molecule has 0 bridgehead atoms. The lowest BCUT2D eigenvalue weighted by Crippen LogP contribution is -2.46. The first-order valence-corrected chi connectivity index (χ1v) is 11.2. The van der Waals surface area contributed by atoms with Crippen molar-refractivity contribution in [1.29, 1.82) is 0 Å². The van der Waals surface area contributed by atoms with E-state index in [1.807, 2.05) is 50.2 Å². The molecule has 7 heteroatoms. The first-order chi connectivity index (χ1) is 15.3. The molecule has 0 atom stereocenters. The van der Waals surface area contributed by atoms with Gasteiger partial charge in [0, 0.05) is 28.2 Å². The Morgan fingerprint density at radius 3 is 2.25 bits per heavy atom. The molecule has 0 saturated heterocycles. The van der Waals surface area contributed by atoms with Gasteiger partial charge < -0.3 is 14.2 Å². The number of furan rings is 1. The summed E-state index contributed by atoms with van der Waals surface area (Å²) in [4.78, 5) is 29.7. The zero-order chi connectivity index (χ0) is 23.1. The Balaban J connectivity index is 1.77. The molecule has 0 N–H and O–H groups in total. The van der Waals surface area contributed by atoms with Gasteiger partial charge in [-0.1, -0.05) is 53.5 Å². The van der Waals surface area contributed by atoms with Gasteiger partial charge in [-0.15, -0.1) is 0 Å². The van der Waals surface area contributed by atoms with Crippen LogP contribution in [0, 0.1) is 0 Å². The van der Waals surface area contributed by atoms with E-state index < -0.39 is 0 Å². The van der Waals surface area contributed by atoms with E-state index in [-0.39, 0.29) is 24.4 Å². The summed E-state index contributed by atoms with van der Waals surface area (Å²) in [5, 5.41) is 0.747. The predicted octanol–water partition coefficient (Wildman–Crippen LogP) is 5.71. The molecule has 5 nitrogen and oxygen atoms in total. The monoisotopic (exact) mass is 472 g/mol. The molecule has 0 saturated carbocycles. The van der Waals surface area contributed by atoms with Crippen LogP contribution in [0.25, 0.3) is 0 Å². The second-order valence-corrected chi connectivity index (χ2v) is 8.69. The summed E-state index contributed by atoms with van der Waals surface area (Å²) in [6, 6.07) is 18.1. The molecule has 0 unspecified atom stereocenters. The fourth-order valence-corrected chi connectivity index (χ4v) is 3.90. The van der Waals surface area contributed by atoms with Crippen molar-refractivity contribution in [2.75, 3.05) is 13.1 Å². The van der Waals surface area contributed by atoms with E-state index in [2.05, 4.69) is 0 Å². The number of nitrogens with zero attached hydrogens (tertiary/aromatic N) is 2. The van der Waals surface area contributed by atoms with Crippen LogP contribution in [0.5, 0.6) is 0 Å². The van der Waals surface area contributed by atoms with Crippen molar-refractivity contribution in [1.82, 2.24) is 9.80 Å². The zero-order valence-electron chi connectivity index (χ0n) is 18.1. The van der Waals surface area contributed by atoms with Crippen molar-refractivity contribution >= 4 is 35.0 Å². The number of hydrogen-bond donors (Lipinski definition) is 0. The molecule has 1 heterocycles. The minimum absolute atomic E-state index is 0.0594. The highest BCUT2D eigenvalue weighted by molar-refractivity contribution is 6.35. The van der Waals surface area contributed by atoms with Gasteiger partial charge in [0.2, 0.25) is 5.91 Å². The summed E-state index contributed by atoms with van der Waals surface area (Å²) in [7, 11) is 0. The van der Waals surface area contributed by atoms with Gasteiger partial charge >= 0.3 is 0 Å².